The summed E-state index contributed by atoms with van der Waals surface area (Å²) < 4.78 is 4.80. The lowest BCUT2D eigenvalue weighted by Crippen LogP contribution is -2.02. The standard InChI is InChI=1S/C11H20O2/c1-4-10(3)8-6-7-9-11(12)13-5-2/h6,8,10H,4-5,7,9H2,1-3H3/b8-6+. The van der Waals surface area contributed by atoms with E-state index in [0.717, 1.165) is 12.8 Å². The molecule has 0 spiro atoms. The zero-order chi connectivity index (χ0) is 10.1. The lowest BCUT2D eigenvalue weighted by molar-refractivity contribution is -0.142. The van der Waals surface area contributed by atoms with E-state index in [1.54, 1.807) is 0 Å². The Labute approximate surface area is 81.0 Å². The molecule has 0 aliphatic heterocycles. The minimum Gasteiger partial charge on any atom is -0.466 e. The molecular weight excluding hydrogens is 164 g/mol. The minimum atomic E-state index is -0.101. The van der Waals surface area contributed by atoms with Gasteiger partial charge in [-0.3, -0.25) is 4.79 Å². The fraction of sp³-hybridized carbons (Fsp3) is 0.727. The van der Waals surface area contributed by atoms with Gasteiger partial charge >= 0.3 is 5.97 Å². The molecule has 0 saturated carbocycles. The molecule has 1 unspecified atom stereocenters. The molecule has 0 aliphatic carbocycles. The van der Waals surface area contributed by atoms with Crippen LogP contribution in [0.1, 0.15) is 40.0 Å². The molecular formula is C11H20O2. The topological polar surface area (TPSA) is 26.3 Å². The molecule has 0 amide bonds. The largest absolute Gasteiger partial charge is 0.466 e. The summed E-state index contributed by atoms with van der Waals surface area (Å²) in [6.07, 6.45) is 6.66. The molecule has 76 valence electrons. The molecule has 0 aliphatic rings. The number of hydrogen-bond acceptors (Lipinski definition) is 2. The van der Waals surface area contributed by atoms with Crippen LogP contribution in [0.25, 0.3) is 0 Å². The van der Waals surface area contributed by atoms with Crippen molar-refractivity contribution in [3.05, 3.63) is 12.2 Å². The summed E-state index contributed by atoms with van der Waals surface area (Å²) in [6, 6.07) is 0. The van der Waals surface area contributed by atoms with E-state index in [9.17, 15) is 4.79 Å². The van der Waals surface area contributed by atoms with Crippen LogP contribution in [-0.2, 0) is 9.53 Å². The van der Waals surface area contributed by atoms with Crippen LogP contribution in [-0.4, -0.2) is 12.6 Å². The highest BCUT2D eigenvalue weighted by Crippen LogP contribution is 2.03. The highest BCUT2D eigenvalue weighted by molar-refractivity contribution is 5.69. The highest BCUT2D eigenvalue weighted by Gasteiger charge is 1.98. The number of hydrogen-bond donors (Lipinski definition) is 0. The predicted octanol–water partition coefficient (Wildman–Crippen LogP) is 2.93. The highest BCUT2D eigenvalue weighted by atomic mass is 16.5. The van der Waals surface area contributed by atoms with E-state index in [1.165, 1.54) is 0 Å². The zero-order valence-electron chi connectivity index (χ0n) is 8.88. The van der Waals surface area contributed by atoms with Crippen LogP contribution in [0, 0.1) is 5.92 Å². The molecule has 1 atom stereocenters. The van der Waals surface area contributed by atoms with E-state index in [0.29, 0.717) is 18.9 Å². The number of allylic oxidation sites excluding steroid dienone is 2. The van der Waals surface area contributed by atoms with Crippen molar-refractivity contribution >= 4 is 5.97 Å². The van der Waals surface area contributed by atoms with Gasteiger partial charge in [0, 0.05) is 6.42 Å². The quantitative estimate of drug-likeness (QED) is 0.468. The number of rotatable bonds is 6. The van der Waals surface area contributed by atoms with Crippen LogP contribution < -0.4 is 0 Å². The SMILES string of the molecule is CCOC(=O)CC/C=C/C(C)CC. The van der Waals surface area contributed by atoms with Gasteiger partial charge in [-0.05, 0) is 19.3 Å². The van der Waals surface area contributed by atoms with Gasteiger partial charge in [0.1, 0.15) is 0 Å². The zero-order valence-corrected chi connectivity index (χ0v) is 8.88. The summed E-state index contributed by atoms with van der Waals surface area (Å²) in [6.45, 7) is 6.63. The Kier molecular flexibility index (Phi) is 7.36. The third-order valence-electron chi connectivity index (χ3n) is 1.93. The third-order valence-corrected chi connectivity index (χ3v) is 1.93. The molecule has 0 N–H and O–H groups in total. The Bertz CT molecular complexity index is 161. The second-order valence-electron chi connectivity index (χ2n) is 3.16. The second-order valence-corrected chi connectivity index (χ2v) is 3.16. The first-order chi connectivity index (χ1) is 6.20. The van der Waals surface area contributed by atoms with E-state index in [4.69, 9.17) is 4.74 Å². The van der Waals surface area contributed by atoms with Crippen molar-refractivity contribution in [1.29, 1.82) is 0 Å². The Morgan fingerprint density at radius 2 is 2.15 bits per heavy atom. The predicted molar refractivity (Wildman–Crippen MR) is 54.5 cm³/mol. The van der Waals surface area contributed by atoms with E-state index < -0.39 is 0 Å². The molecule has 2 heteroatoms. The van der Waals surface area contributed by atoms with Gasteiger partial charge in [-0.2, -0.15) is 0 Å². The van der Waals surface area contributed by atoms with Crippen molar-refractivity contribution in [2.75, 3.05) is 6.61 Å². The first kappa shape index (κ1) is 12.2. The number of ether oxygens (including phenoxy) is 1. The molecule has 0 radical (unpaired) electrons. The Hall–Kier alpha value is -0.790. The molecule has 0 fully saturated rings. The van der Waals surface area contributed by atoms with Crippen LogP contribution in [0.2, 0.25) is 0 Å². The average Bonchev–Trinajstić information content (AvgIpc) is 2.12. The van der Waals surface area contributed by atoms with E-state index in [-0.39, 0.29) is 5.97 Å². The maximum atomic E-state index is 10.9. The third kappa shape index (κ3) is 7.57. The van der Waals surface area contributed by atoms with Crippen molar-refractivity contribution < 1.29 is 9.53 Å². The normalized spacial score (nSPS) is 13.2. The van der Waals surface area contributed by atoms with Gasteiger partial charge in [0.05, 0.1) is 6.61 Å². The molecule has 0 aromatic carbocycles. The number of carbonyl (C=O) groups excluding carboxylic acids is 1. The van der Waals surface area contributed by atoms with Crippen LogP contribution in [0.15, 0.2) is 12.2 Å². The number of carbonyl (C=O) groups is 1. The lowest BCUT2D eigenvalue weighted by atomic mass is 10.1. The van der Waals surface area contributed by atoms with Crippen molar-refractivity contribution in [1.82, 2.24) is 0 Å². The van der Waals surface area contributed by atoms with Gasteiger partial charge in [-0.25, -0.2) is 0 Å². The molecule has 2 nitrogen and oxygen atoms in total. The smallest absolute Gasteiger partial charge is 0.306 e. The Morgan fingerprint density at radius 3 is 2.69 bits per heavy atom. The molecule has 0 bridgehead atoms. The van der Waals surface area contributed by atoms with Crippen LogP contribution in [0.4, 0.5) is 0 Å². The summed E-state index contributed by atoms with van der Waals surface area (Å²) in [5.41, 5.74) is 0. The average molecular weight is 184 g/mol. The Balaban J connectivity index is 3.43. The van der Waals surface area contributed by atoms with Gasteiger partial charge < -0.3 is 4.74 Å². The first-order valence-electron chi connectivity index (χ1n) is 5.03. The first-order valence-corrected chi connectivity index (χ1v) is 5.03. The molecule has 0 aromatic rings. The van der Waals surface area contributed by atoms with Gasteiger partial charge in [0.15, 0.2) is 0 Å². The van der Waals surface area contributed by atoms with Crippen molar-refractivity contribution in [3.8, 4) is 0 Å². The summed E-state index contributed by atoms with van der Waals surface area (Å²) in [5, 5.41) is 0. The minimum absolute atomic E-state index is 0.101. The van der Waals surface area contributed by atoms with Crippen LogP contribution in [0.3, 0.4) is 0 Å². The van der Waals surface area contributed by atoms with Crippen molar-refractivity contribution in [2.45, 2.75) is 40.0 Å². The fourth-order valence-electron chi connectivity index (χ4n) is 0.899. The van der Waals surface area contributed by atoms with E-state index >= 15 is 0 Å². The fourth-order valence-corrected chi connectivity index (χ4v) is 0.899. The second kappa shape index (κ2) is 7.84. The monoisotopic (exact) mass is 184 g/mol. The molecule has 13 heavy (non-hydrogen) atoms. The lowest BCUT2D eigenvalue weighted by Gasteiger charge is -2.00. The molecule has 0 rings (SSSR count). The van der Waals surface area contributed by atoms with E-state index in [2.05, 4.69) is 26.0 Å². The van der Waals surface area contributed by atoms with E-state index in [1.807, 2.05) is 6.92 Å². The summed E-state index contributed by atoms with van der Waals surface area (Å²) in [4.78, 5) is 10.9. The maximum absolute atomic E-state index is 10.9. The van der Waals surface area contributed by atoms with Gasteiger partial charge in [0.2, 0.25) is 0 Å². The summed E-state index contributed by atoms with van der Waals surface area (Å²) in [7, 11) is 0. The van der Waals surface area contributed by atoms with Crippen molar-refractivity contribution in [3.63, 3.8) is 0 Å². The molecule has 0 heterocycles. The molecule has 0 aromatic heterocycles. The van der Waals surface area contributed by atoms with Crippen LogP contribution >= 0.6 is 0 Å². The number of esters is 1. The van der Waals surface area contributed by atoms with Gasteiger partial charge in [-0.15, -0.1) is 0 Å². The Morgan fingerprint density at radius 1 is 1.46 bits per heavy atom. The van der Waals surface area contributed by atoms with Crippen molar-refractivity contribution in [2.24, 2.45) is 5.92 Å². The van der Waals surface area contributed by atoms with Gasteiger partial charge in [0.25, 0.3) is 0 Å². The van der Waals surface area contributed by atoms with Gasteiger partial charge in [-0.1, -0.05) is 32.4 Å². The summed E-state index contributed by atoms with van der Waals surface area (Å²) >= 11 is 0. The summed E-state index contributed by atoms with van der Waals surface area (Å²) in [5.74, 6) is 0.512. The van der Waals surface area contributed by atoms with Crippen LogP contribution in [0.5, 0.6) is 0 Å². The molecule has 0 saturated heterocycles. The maximum Gasteiger partial charge on any atom is 0.306 e.